The molecule has 0 aromatic carbocycles. The fourth-order valence-electron chi connectivity index (χ4n) is 1.15. The topological polar surface area (TPSA) is 57.4 Å². The molecule has 0 radical (unpaired) electrons. The minimum Gasteiger partial charge on any atom is -0.489 e. The Morgan fingerprint density at radius 3 is 2.80 bits per heavy atom. The highest BCUT2D eigenvalue weighted by molar-refractivity contribution is 7.51. The van der Waals surface area contributed by atoms with E-state index in [-0.39, 0.29) is 0 Å². The number of anilines is 1. The first-order valence-electron chi connectivity index (χ1n) is 4.92. The smallest absolute Gasteiger partial charge is 0.168 e. The summed E-state index contributed by atoms with van der Waals surface area (Å²) in [4.78, 5) is 4.05. The normalized spacial score (nSPS) is 15.4. The number of aromatic nitrogens is 1. The second-order valence-electron chi connectivity index (χ2n) is 3.78. The summed E-state index contributed by atoms with van der Waals surface area (Å²) in [7, 11) is -0.486. The van der Waals surface area contributed by atoms with Gasteiger partial charge in [-0.3, -0.25) is 0 Å². The zero-order chi connectivity index (χ0) is 10.8. The van der Waals surface area contributed by atoms with Crippen molar-refractivity contribution in [2.45, 2.75) is 18.9 Å². The highest BCUT2D eigenvalue weighted by Gasteiger charge is 2.24. The van der Waals surface area contributed by atoms with Gasteiger partial charge in [0.05, 0.1) is 20.4 Å². The van der Waals surface area contributed by atoms with Gasteiger partial charge in [-0.1, -0.05) is 0 Å². The van der Waals surface area contributed by atoms with Gasteiger partial charge in [0.15, 0.2) is 11.6 Å². The number of ether oxygens (including phenoxy) is 1. The van der Waals surface area contributed by atoms with Crippen molar-refractivity contribution in [3.05, 3.63) is 12.3 Å². The number of pyridine rings is 1. The molecular weight excluding hydrogens is 211 g/mol. The van der Waals surface area contributed by atoms with Crippen molar-refractivity contribution in [2.24, 2.45) is 0 Å². The van der Waals surface area contributed by atoms with Crippen molar-refractivity contribution in [1.82, 2.24) is 4.98 Å². The Bertz CT molecular complexity index is 353. The Morgan fingerprint density at radius 2 is 2.20 bits per heavy atom. The molecule has 2 N–H and O–H groups in total. The third kappa shape index (κ3) is 2.96. The van der Waals surface area contributed by atoms with Crippen molar-refractivity contribution in [3.63, 3.8) is 0 Å². The largest absolute Gasteiger partial charge is 0.489 e. The highest BCUT2D eigenvalue weighted by Crippen LogP contribution is 2.36. The van der Waals surface area contributed by atoms with E-state index in [0.717, 1.165) is 18.6 Å². The summed E-state index contributed by atoms with van der Waals surface area (Å²) in [5.41, 5.74) is 5.70. The van der Waals surface area contributed by atoms with Gasteiger partial charge in [-0.2, -0.15) is 0 Å². The Hall–Kier alpha value is -1.02. The van der Waals surface area contributed by atoms with E-state index in [4.69, 9.17) is 15.0 Å². The maximum absolute atomic E-state index is 5.70. The average Bonchev–Trinajstić information content (AvgIpc) is 2.94. The van der Waals surface area contributed by atoms with Crippen LogP contribution in [0.15, 0.2) is 12.3 Å². The van der Waals surface area contributed by atoms with Crippen LogP contribution in [0, 0.1) is 0 Å². The van der Waals surface area contributed by atoms with Crippen LogP contribution in [0.4, 0.5) is 5.82 Å². The molecule has 2 rings (SSSR count). The first-order chi connectivity index (χ1) is 7.15. The van der Waals surface area contributed by atoms with Crippen molar-refractivity contribution in [3.8, 4) is 11.5 Å². The van der Waals surface area contributed by atoms with Gasteiger partial charge < -0.3 is 15.0 Å². The molecule has 0 amide bonds. The van der Waals surface area contributed by atoms with Gasteiger partial charge in [0.25, 0.3) is 0 Å². The summed E-state index contributed by atoms with van der Waals surface area (Å²) in [5.74, 6) is 1.80. The lowest BCUT2D eigenvalue weighted by atomic mass is 10.4. The second kappa shape index (κ2) is 4.23. The monoisotopic (exact) mass is 226 g/mol. The molecule has 0 unspecified atom stereocenters. The van der Waals surface area contributed by atoms with Gasteiger partial charge in [-0.25, -0.2) is 4.98 Å². The summed E-state index contributed by atoms with van der Waals surface area (Å²) in [5, 5.41) is 0. The lowest BCUT2D eigenvalue weighted by Crippen LogP contribution is -2.00. The fraction of sp³-hybridized carbons (Fsp3) is 0.500. The van der Waals surface area contributed by atoms with Crippen molar-refractivity contribution in [1.29, 1.82) is 0 Å². The number of hydrogen-bond acceptors (Lipinski definition) is 4. The van der Waals surface area contributed by atoms with E-state index in [1.807, 2.05) is 19.4 Å². The summed E-state index contributed by atoms with van der Waals surface area (Å²) >= 11 is 0. The first kappa shape index (κ1) is 10.5. The first-order valence-corrected chi connectivity index (χ1v) is 7.08. The maximum Gasteiger partial charge on any atom is 0.168 e. The molecular formula is C10H15N2O2P. The summed E-state index contributed by atoms with van der Waals surface area (Å²) in [6.45, 7) is 4.03. The molecule has 0 bridgehead atoms. The number of nitrogen functional groups attached to an aromatic ring is 1. The minimum absolute atomic E-state index is 0.369. The van der Waals surface area contributed by atoms with E-state index >= 15 is 0 Å². The summed E-state index contributed by atoms with van der Waals surface area (Å²) in [6, 6.07) is 1.82. The van der Waals surface area contributed by atoms with Crippen LogP contribution in [0.1, 0.15) is 12.8 Å². The molecule has 1 heterocycles. The average molecular weight is 226 g/mol. The zero-order valence-electron chi connectivity index (χ0n) is 8.93. The number of nitrogens with zero attached hydrogens (tertiary/aromatic N) is 1. The van der Waals surface area contributed by atoms with Crippen LogP contribution in [0.3, 0.4) is 0 Å². The van der Waals surface area contributed by atoms with Gasteiger partial charge >= 0.3 is 0 Å². The predicted octanol–water partition coefficient (Wildman–Crippen LogP) is 2.24. The summed E-state index contributed by atoms with van der Waals surface area (Å²) < 4.78 is 11.2. The van der Waals surface area contributed by atoms with Crippen LogP contribution < -0.4 is 15.0 Å². The molecule has 5 heteroatoms. The summed E-state index contributed by atoms with van der Waals surface area (Å²) in [6.07, 6.45) is 4.28. The molecule has 0 atom stereocenters. The van der Waals surface area contributed by atoms with Crippen LogP contribution in [-0.4, -0.2) is 24.4 Å². The molecule has 1 aliphatic carbocycles. The molecule has 1 saturated carbocycles. The quantitative estimate of drug-likeness (QED) is 0.800. The van der Waals surface area contributed by atoms with Crippen LogP contribution >= 0.6 is 8.15 Å². The van der Waals surface area contributed by atoms with Gasteiger partial charge in [0, 0.05) is 6.07 Å². The minimum atomic E-state index is -0.486. The van der Waals surface area contributed by atoms with Crippen molar-refractivity contribution >= 4 is 14.0 Å². The Balaban J connectivity index is 2.11. The van der Waals surface area contributed by atoms with Gasteiger partial charge in [0.2, 0.25) is 0 Å². The van der Waals surface area contributed by atoms with Gasteiger partial charge in [-0.15, -0.1) is 0 Å². The van der Waals surface area contributed by atoms with Gasteiger partial charge in [0.1, 0.15) is 5.75 Å². The molecule has 1 aliphatic rings. The molecule has 82 valence electrons. The lowest BCUT2D eigenvalue weighted by molar-refractivity contribution is 0.301. The van der Waals surface area contributed by atoms with Crippen molar-refractivity contribution in [2.75, 3.05) is 19.1 Å². The van der Waals surface area contributed by atoms with E-state index in [1.165, 1.54) is 0 Å². The van der Waals surface area contributed by atoms with E-state index in [9.17, 15) is 0 Å². The molecule has 1 aromatic rings. The Kier molecular flexibility index (Phi) is 2.96. The number of hydrogen-bond donors (Lipinski definition) is 1. The van der Waals surface area contributed by atoms with Gasteiger partial charge in [-0.05, 0) is 26.2 Å². The van der Waals surface area contributed by atoms with E-state index in [1.54, 1.807) is 6.20 Å². The zero-order valence-corrected chi connectivity index (χ0v) is 9.83. The number of rotatable bonds is 4. The molecule has 15 heavy (non-hydrogen) atoms. The Morgan fingerprint density at radius 1 is 1.47 bits per heavy atom. The standard InChI is InChI=1S/C10H15N2O2P/c1-15(2)14-9-5-8(6-12-10(9)11)13-7-3-4-7/h5-7H,3-4H2,1-2H3,(H2,11,12). The fourth-order valence-corrected chi connectivity index (χ4v) is 1.69. The van der Waals surface area contributed by atoms with E-state index in [0.29, 0.717) is 17.7 Å². The third-order valence-electron chi connectivity index (χ3n) is 1.96. The second-order valence-corrected chi connectivity index (χ2v) is 5.58. The third-order valence-corrected chi connectivity index (χ3v) is 2.53. The van der Waals surface area contributed by atoms with Crippen LogP contribution in [-0.2, 0) is 0 Å². The lowest BCUT2D eigenvalue weighted by Gasteiger charge is -2.12. The predicted molar refractivity (Wildman–Crippen MR) is 61.7 cm³/mol. The van der Waals surface area contributed by atoms with Crippen molar-refractivity contribution < 1.29 is 9.26 Å². The highest BCUT2D eigenvalue weighted by atomic mass is 31.1. The maximum atomic E-state index is 5.70. The molecule has 1 fully saturated rings. The van der Waals surface area contributed by atoms with E-state index in [2.05, 4.69) is 4.98 Å². The molecule has 0 spiro atoms. The molecule has 1 aromatic heterocycles. The molecule has 0 aliphatic heterocycles. The van der Waals surface area contributed by atoms with Crippen LogP contribution in [0.2, 0.25) is 0 Å². The Labute approximate surface area is 90.6 Å². The van der Waals surface area contributed by atoms with Crippen LogP contribution in [0.25, 0.3) is 0 Å². The van der Waals surface area contributed by atoms with Crippen LogP contribution in [0.5, 0.6) is 11.5 Å². The number of nitrogens with two attached hydrogens (primary N) is 1. The SMILES string of the molecule is CP(C)Oc1cc(OC2CC2)cnc1N. The molecule has 4 nitrogen and oxygen atoms in total. The van der Waals surface area contributed by atoms with E-state index < -0.39 is 8.15 Å². The molecule has 0 saturated heterocycles.